The highest BCUT2D eigenvalue weighted by Crippen LogP contribution is 2.35. The van der Waals surface area contributed by atoms with E-state index < -0.39 is 0 Å². The second-order valence-corrected chi connectivity index (χ2v) is 8.48. The number of aryl methyl sites for hydroxylation is 1. The third kappa shape index (κ3) is 3.56. The van der Waals surface area contributed by atoms with Crippen LogP contribution >= 0.6 is 11.6 Å². The number of nitrogens with zero attached hydrogens (tertiary/aromatic N) is 8. The van der Waals surface area contributed by atoms with E-state index in [4.69, 9.17) is 26.3 Å². The maximum atomic E-state index is 6.55. The Hall–Kier alpha value is -2.52. The van der Waals surface area contributed by atoms with Crippen molar-refractivity contribution in [3.63, 3.8) is 0 Å². The van der Waals surface area contributed by atoms with Gasteiger partial charge in [0.2, 0.25) is 11.2 Å². The number of aromatic nitrogens is 6. The van der Waals surface area contributed by atoms with Crippen molar-refractivity contribution in [1.29, 1.82) is 0 Å². The predicted molar refractivity (Wildman–Crippen MR) is 116 cm³/mol. The Morgan fingerprint density at radius 3 is 2.57 bits per heavy atom. The molecule has 158 valence electrons. The lowest BCUT2D eigenvalue weighted by molar-refractivity contribution is 0.122. The molecular weight excluding hydrogens is 404 g/mol. The lowest BCUT2D eigenvalue weighted by Gasteiger charge is -2.28. The lowest BCUT2D eigenvalue weighted by atomic mass is 10.2. The molecule has 3 aromatic heterocycles. The molecule has 0 unspecified atom stereocenters. The molecule has 0 spiro atoms. The van der Waals surface area contributed by atoms with E-state index in [0.717, 1.165) is 47.9 Å². The van der Waals surface area contributed by atoms with Gasteiger partial charge in [0.05, 0.1) is 24.5 Å². The molecule has 0 atom stereocenters. The van der Waals surface area contributed by atoms with Crippen molar-refractivity contribution in [2.24, 2.45) is 5.92 Å². The van der Waals surface area contributed by atoms with E-state index in [-0.39, 0.29) is 0 Å². The van der Waals surface area contributed by atoms with Gasteiger partial charge in [0, 0.05) is 39.9 Å². The Balaban J connectivity index is 1.68. The molecule has 0 amide bonds. The Bertz CT molecular complexity index is 1090. The fraction of sp³-hybridized carbons (Fsp3) is 0.550. The number of hydrogen-bond acceptors (Lipinski definition) is 8. The van der Waals surface area contributed by atoms with Crippen LogP contribution < -0.4 is 9.80 Å². The van der Waals surface area contributed by atoms with Crippen LogP contribution in [0, 0.1) is 12.8 Å². The maximum absolute atomic E-state index is 6.55. The number of ether oxygens (including phenoxy) is 1. The number of rotatable bonds is 5. The molecule has 4 heterocycles. The zero-order valence-electron chi connectivity index (χ0n) is 17.5. The number of hydrogen-bond donors (Lipinski definition) is 0. The standard InChI is InChI=1S/C20H25ClN8O/c1-12-14(10-22-20(23-12)27(2)3)16-25-17(28-6-8-30-9-7-28)15-18(26-16)29(19(21)24-15)11-13-4-5-13/h10,13H,4-9,11H2,1-3H3. The minimum absolute atomic E-state index is 0.466. The second-order valence-electron chi connectivity index (χ2n) is 8.14. The van der Waals surface area contributed by atoms with Gasteiger partial charge in [-0.05, 0) is 37.3 Å². The first kappa shape index (κ1) is 19.4. The minimum atomic E-state index is 0.466. The molecule has 0 aromatic carbocycles. The predicted octanol–water partition coefficient (Wildman–Crippen LogP) is 2.56. The van der Waals surface area contributed by atoms with Gasteiger partial charge in [0.1, 0.15) is 0 Å². The van der Waals surface area contributed by atoms with E-state index in [1.807, 2.05) is 30.5 Å². The fourth-order valence-corrected chi connectivity index (χ4v) is 3.92. The largest absolute Gasteiger partial charge is 0.378 e. The van der Waals surface area contributed by atoms with Crippen molar-refractivity contribution in [1.82, 2.24) is 29.5 Å². The van der Waals surface area contributed by atoms with Gasteiger partial charge in [0.15, 0.2) is 22.8 Å². The summed E-state index contributed by atoms with van der Waals surface area (Å²) in [6.45, 7) is 5.64. The van der Waals surface area contributed by atoms with E-state index in [1.54, 1.807) is 6.20 Å². The van der Waals surface area contributed by atoms with Crippen LogP contribution in [0.25, 0.3) is 22.6 Å². The van der Waals surface area contributed by atoms with Crippen molar-refractivity contribution in [2.45, 2.75) is 26.3 Å². The highest BCUT2D eigenvalue weighted by Gasteiger charge is 2.27. The Morgan fingerprint density at radius 2 is 1.90 bits per heavy atom. The van der Waals surface area contributed by atoms with Crippen LogP contribution in [0.15, 0.2) is 6.20 Å². The quantitative estimate of drug-likeness (QED) is 0.573. The summed E-state index contributed by atoms with van der Waals surface area (Å²) in [5, 5.41) is 0.466. The smallest absolute Gasteiger partial charge is 0.225 e. The normalized spacial score (nSPS) is 17.0. The summed E-state index contributed by atoms with van der Waals surface area (Å²) in [6, 6.07) is 0. The molecule has 1 saturated carbocycles. The Kier molecular flexibility index (Phi) is 4.94. The van der Waals surface area contributed by atoms with Gasteiger partial charge in [-0.15, -0.1) is 0 Å². The number of fused-ring (bicyclic) bond motifs is 1. The van der Waals surface area contributed by atoms with Crippen molar-refractivity contribution in [2.75, 3.05) is 50.2 Å². The molecule has 3 aromatic rings. The molecule has 1 saturated heterocycles. The van der Waals surface area contributed by atoms with Crippen LogP contribution in [0.3, 0.4) is 0 Å². The Morgan fingerprint density at radius 1 is 1.13 bits per heavy atom. The lowest BCUT2D eigenvalue weighted by Crippen LogP contribution is -2.37. The van der Waals surface area contributed by atoms with Crippen LogP contribution in [0.5, 0.6) is 0 Å². The monoisotopic (exact) mass is 428 g/mol. The Labute approximate surface area is 180 Å². The zero-order chi connectivity index (χ0) is 20.8. The molecular formula is C20H25ClN8O. The number of imidazole rings is 1. The van der Waals surface area contributed by atoms with Crippen LogP contribution in [0.1, 0.15) is 18.5 Å². The second kappa shape index (κ2) is 7.63. The highest BCUT2D eigenvalue weighted by atomic mass is 35.5. The van der Waals surface area contributed by atoms with Crippen LogP contribution in [0.4, 0.5) is 11.8 Å². The summed E-state index contributed by atoms with van der Waals surface area (Å²) in [5.41, 5.74) is 3.16. The number of morpholine rings is 1. The van der Waals surface area contributed by atoms with Crippen molar-refractivity contribution >= 4 is 34.5 Å². The molecule has 30 heavy (non-hydrogen) atoms. The van der Waals surface area contributed by atoms with E-state index in [9.17, 15) is 0 Å². The molecule has 9 nitrogen and oxygen atoms in total. The van der Waals surface area contributed by atoms with Crippen molar-refractivity contribution in [3.05, 3.63) is 17.2 Å². The first-order valence-corrected chi connectivity index (χ1v) is 10.7. The van der Waals surface area contributed by atoms with Gasteiger partial charge >= 0.3 is 0 Å². The summed E-state index contributed by atoms with van der Waals surface area (Å²) in [5.74, 6) is 2.70. The van der Waals surface area contributed by atoms with Crippen LogP contribution in [0.2, 0.25) is 5.28 Å². The molecule has 1 aliphatic carbocycles. The average molecular weight is 429 g/mol. The highest BCUT2D eigenvalue weighted by molar-refractivity contribution is 6.29. The number of anilines is 2. The molecule has 5 rings (SSSR count). The zero-order valence-corrected chi connectivity index (χ0v) is 18.2. The summed E-state index contributed by atoms with van der Waals surface area (Å²) in [4.78, 5) is 27.6. The SMILES string of the molecule is Cc1nc(N(C)C)ncc1-c1nc(N2CCOCC2)c2nc(Cl)n(CC3CC3)c2n1. The van der Waals surface area contributed by atoms with Crippen LogP contribution in [-0.4, -0.2) is 69.9 Å². The van der Waals surface area contributed by atoms with E-state index in [1.165, 1.54) is 12.8 Å². The third-order valence-electron chi connectivity index (χ3n) is 5.59. The van der Waals surface area contributed by atoms with Gasteiger partial charge < -0.3 is 14.5 Å². The summed E-state index contributed by atoms with van der Waals surface area (Å²) in [6.07, 6.45) is 4.25. The number of halogens is 1. The molecule has 2 fully saturated rings. The average Bonchev–Trinajstić information content (AvgIpc) is 3.51. The molecule has 10 heteroatoms. The molecule has 0 N–H and O–H groups in total. The topological polar surface area (TPSA) is 85.1 Å². The fourth-order valence-electron chi connectivity index (χ4n) is 3.69. The van der Waals surface area contributed by atoms with Gasteiger partial charge in [-0.2, -0.15) is 0 Å². The minimum Gasteiger partial charge on any atom is -0.378 e. The van der Waals surface area contributed by atoms with Gasteiger partial charge in [-0.25, -0.2) is 24.9 Å². The molecule has 1 aliphatic heterocycles. The summed E-state index contributed by atoms with van der Waals surface area (Å²) < 4.78 is 7.55. The van der Waals surface area contributed by atoms with E-state index in [2.05, 4.69) is 19.9 Å². The summed E-state index contributed by atoms with van der Waals surface area (Å²) >= 11 is 6.55. The van der Waals surface area contributed by atoms with Gasteiger partial charge in [-0.3, -0.25) is 4.57 Å². The van der Waals surface area contributed by atoms with E-state index >= 15 is 0 Å². The van der Waals surface area contributed by atoms with Gasteiger partial charge in [0.25, 0.3) is 0 Å². The van der Waals surface area contributed by atoms with Crippen molar-refractivity contribution in [3.8, 4) is 11.4 Å². The maximum Gasteiger partial charge on any atom is 0.225 e. The van der Waals surface area contributed by atoms with Crippen molar-refractivity contribution < 1.29 is 4.74 Å². The first-order valence-electron chi connectivity index (χ1n) is 10.3. The molecule has 0 radical (unpaired) electrons. The first-order chi connectivity index (χ1) is 14.5. The molecule has 0 bridgehead atoms. The van der Waals surface area contributed by atoms with Crippen LogP contribution in [-0.2, 0) is 11.3 Å². The van der Waals surface area contributed by atoms with Gasteiger partial charge in [-0.1, -0.05) is 0 Å². The van der Waals surface area contributed by atoms with E-state index in [0.29, 0.717) is 36.2 Å². The summed E-state index contributed by atoms with van der Waals surface area (Å²) in [7, 11) is 3.85. The molecule has 2 aliphatic rings. The third-order valence-corrected chi connectivity index (χ3v) is 5.87.